The van der Waals surface area contributed by atoms with Crippen molar-refractivity contribution in [2.45, 2.75) is 31.5 Å². The molecule has 0 unspecified atom stereocenters. The summed E-state index contributed by atoms with van der Waals surface area (Å²) in [5.74, 6) is 3.26. The Bertz CT molecular complexity index is 2020. The molecule has 1 aliphatic rings. The number of halogens is 5. The van der Waals surface area contributed by atoms with E-state index in [2.05, 4.69) is 33.7 Å². The van der Waals surface area contributed by atoms with Crippen molar-refractivity contribution in [1.29, 1.82) is 0 Å². The average Bonchev–Trinajstić information content (AvgIpc) is 3.71. The zero-order valence-corrected chi connectivity index (χ0v) is 26.6. The Morgan fingerprint density at radius 3 is 2.47 bits per heavy atom. The second-order valence-corrected chi connectivity index (χ2v) is 12.0. The maximum Gasteiger partial charge on any atom is 0.411 e. The summed E-state index contributed by atoms with van der Waals surface area (Å²) in [7, 11) is 5.58. The molecule has 3 aromatic heterocycles. The van der Waals surface area contributed by atoms with Gasteiger partial charge in [0.2, 0.25) is 0 Å². The van der Waals surface area contributed by atoms with Crippen LogP contribution in [0.25, 0.3) is 33.3 Å². The molecule has 1 saturated carbocycles. The molecule has 5 rings (SSSR count). The number of nitrogens with one attached hydrogen (secondary N) is 2. The van der Waals surface area contributed by atoms with Gasteiger partial charge in [-0.3, -0.25) is 14.5 Å². The number of anilines is 2. The molecule has 47 heavy (non-hydrogen) atoms. The summed E-state index contributed by atoms with van der Waals surface area (Å²) in [6.07, 6.45) is -2.16. The number of carbonyl (C=O) groups excluding carboxylic acids is 2. The molecule has 3 heterocycles. The highest BCUT2D eigenvalue weighted by molar-refractivity contribution is 6.34. The fourth-order valence-electron chi connectivity index (χ4n) is 5.32. The lowest BCUT2D eigenvalue weighted by atomic mass is 9.96. The van der Waals surface area contributed by atoms with Crippen molar-refractivity contribution in [3.8, 4) is 34.2 Å². The van der Waals surface area contributed by atoms with Gasteiger partial charge in [0.15, 0.2) is 5.83 Å². The first kappa shape index (κ1) is 33.4. The molecule has 0 spiro atoms. The van der Waals surface area contributed by atoms with Gasteiger partial charge in [0.25, 0.3) is 11.8 Å². The van der Waals surface area contributed by atoms with Crippen LogP contribution in [0.4, 0.5) is 29.1 Å². The van der Waals surface area contributed by atoms with E-state index in [0.717, 1.165) is 0 Å². The lowest BCUT2D eigenvalue weighted by Crippen LogP contribution is -2.48. The Morgan fingerprint density at radius 1 is 1.19 bits per heavy atom. The maximum atomic E-state index is 13.5. The number of nitrogens with zero attached hydrogens (tertiary/aromatic N) is 4. The molecule has 0 bridgehead atoms. The summed E-state index contributed by atoms with van der Waals surface area (Å²) in [5, 5.41) is 4.83. The number of hydrogen-bond acceptors (Lipinski definition) is 6. The van der Waals surface area contributed by atoms with E-state index in [4.69, 9.17) is 17.3 Å². The molecule has 244 valence electrons. The van der Waals surface area contributed by atoms with E-state index in [9.17, 15) is 27.2 Å². The van der Waals surface area contributed by atoms with Crippen molar-refractivity contribution >= 4 is 45.8 Å². The maximum absolute atomic E-state index is 13.5. The Kier molecular flexibility index (Phi) is 8.79. The minimum absolute atomic E-state index is 0.164. The molecule has 1 aliphatic carbocycles. The highest BCUT2D eigenvalue weighted by atomic mass is 35.5. The summed E-state index contributed by atoms with van der Waals surface area (Å²) in [6.45, 7) is 5.29. The van der Waals surface area contributed by atoms with Crippen LogP contribution in [0.3, 0.4) is 0 Å². The van der Waals surface area contributed by atoms with E-state index in [-0.39, 0.29) is 29.4 Å². The zero-order valence-electron chi connectivity index (χ0n) is 25.9. The number of aryl methyl sites for hydroxylation is 2. The Balaban J connectivity index is 1.70. The number of fused-ring (bicyclic) bond motifs is 1. The van der Waals surface area contributed by atoms with E-state index in [1.807, 2.05) is 35.9 Å². The number of rotatable bonds is 7. The van der Waals surface area contributed by atoms with Crippen LogP contribution in [0.2, 0.25) is 5.02 Å². The minimum atomic E-state index is -4.61. The SMILES string of the molecule is C=C(F)C(=O)Nc1ccc(-c2c(-c3cnc(C(=O)NC4(C(F)(F)F)CC4)c(Cl)c3)c3c(N)ncc(C#CCN(C)C)c3n2C)c(C)c1. The number of alkyl halides is 3. The van der Waals surface area contributed by atoms with Gasteiger partial charge in [-0.2, -0.15) is 13.2 Å². The van der Waals surface area contributed by atoms with Gasteiger partial charge in [-0.1, -0.05) is 36.1 Å². The predicted molar refractivity (Wildman–Crippen MR) is 173 cm³/mol. The average molecular weight is 668 g/mol. The van der Waals surface area contributed by atoms with E-state index in [1.165, 1.54) is 12.3 Å². The van der Waals surface area contributed by atoms with Gasteiger partial charge in [-0.15, -0.1) is 0 Å². The largest absolute Gasteiger partial charge is 0.411 e. The molecule has 0 aliphatic heterocycles. The lowest BCUT2D eigenvalue weighted by molar-refractivity contribution is -0.163. The van der Waals surface area contributed by atoms with Gasteiger partial charge >= 0.3 is 6.18 Å². The molecule has 0 saturated heterocycles. The Labute approximate surface area is 272 Å². The second kappa shape index (κ2) is 12.4. The summed E-state index contributed by atoms with van der Waals surface area (Å²) >= 11 is 6.53. The monoisotopic (exact) mass is 667 g/mol. The van der Waals surface area contributed by atoms with Gasteiger partial charge in [-0.25, -0.2) is 14.4 Å². The molecule has 0 atom stereocenters. The van der Waals surface area contributed by atoms with Crippen LogP contribution < -0.4 is 16.4 Å². The first-order valence-electron chi connectivity index (χ1n) is 14.3. The molecule has 4 N–H and O–H groups in total. The van der Waals surface area contributed by atoms with Gasteiger partial charge in [0, 0.05) is 41.8 Å². The number of hydrogen-bond donors (Lipinski definition) is 3. The molecule has 2 amide bonds. The lowest BCUT2D eigenvalue weighted by Gasteiger charge is -2.20. The van der Waals surface area contributed by atoms with E-state index in [1.54, 1.807) is 31.3 Å². The standard InChI is InChI=1S/C33H30ClF4N7O2/c1-17-13-21(42-30(46)18(2)35)8-9-22(17)28-24(25-27(45(28)5)19(15-41-29(25)39)7-6-12-44(3)4)20-14-23(34)26(40-16-20)31(47)43-32(10-11-32)33(36,37)38/h8-9,13-16H,2,10-12H2,1,3-5H3,(H2,39,41)(H,42,46)(H,43,47). The van der Waals surface area contributed by atoms with Crippen LogP contribution in [-0.4, -0.2) is 63.6 Å². The molecular weight excluding hydrogens is 638 g/mol. The summed E-state index contributed by atoms with van der Waals surface area (Å²) < 4.78 is 55.8. The van der Waals surface area contributed by atoms with Gasteiger partial charge < -0.3 is 20.9 Å². The van der Waals surface area contributed by atoms with Gasteiger partial charge in [0.05, 0.1) is 33.7 Å². The zero-order chi connectivity index (χ0) is 34.4. The number of benzene rings is 1. The fraction of sp³-hybridized carbons (Fsp3) is 0.273. The molecule has 4 aromatic rings. The van der Waals surface area contributed by atoms with Crippen molar-refractivity contribution in [2.75, 3.05) is 31.7 Å². The highest BCUT2D eigenvalue weighted by Crippen LogP contribution is 2.49. The first-order chi connectivity index (χ1) is 22.0. The minimum Gasteiger partial charge on any atom is -0.383 e. The summed E-state index contributed by atoms with van der Waals surface area (Å²) in [4.78, 5) is 35.3. The number of amides is 2. The number of nitrogens with two attached hydrogens (primary N) is 1. The van der Waals surface area contributed by atoms with E-state index in [0.29, 0.717) is 56.6 Å². The predicted octanol–water partition coefficient (Wildman–Crippen LogP) is 6.01. The number of nitrogen functional groups attached to an aromatic ring is 1. The number of aromatic nitrogens is 3. The molecular formula is C33H30ClF4N7O2. The van der Waals surface area contributed by atoms with Crippen molar-refractivity contribution in [2.24, 2.45) is 7.05 Å². The second-order valence-electron chi connectivity index (χ2n) is 11.6. The van der Waals surface area contributed by atoms with Crippen LogP contribution in [-0.2, 0) is 11.8 Å². The van der Waals surface area contributed by atoms with Crippen LogP contribution in [0, 0.1) is 18.8 Å². The summed E-state index contributed by atoms with van der Waals surface area (Å²) in [5.41, 5.74) is 8.28. The first-order valence-corrected chi connectivity index (χ1v) is 14.6. The third-order valence-corrected chi connectivity index (χ3v) is 8.12. The van der Waals surface area contributed by atoms with Crippen LogP contribution >= 0.6 is 11.6 Å². The smallest absolute Gasteiger partial charge is 0.383 e. The quantitative estimate of drug-likeness (QED) is 0.126. The topological polar surface area (TPSA) is 118 Å². The van der Waals surface area contributed by atoms with Gasteiger partial charge in [-0.05, 0) is 57.6 Å². The van der Waals surface area contributed by atoms with Crippen LogP contribution in [0.5, 0.6) is 0 Å². The van der Waals surface area contributed by atoms with Crippen LogP contribution in [0.15, 0.2) is 49.1 Å². The van der Waals surface area contributed by atoms with Crippen molar-refractivity contribution in [1.82, 2.24) is 24.8 Å². The molecule has 1 fully saturated rings. The number of carbonyl (C=O) groups is 2. The van der Waals surface area contributed by atoms with Crippen molar-refractivity contribution in [3.63, 3.8) is 0 Å². The normalized spacial score (nSPS) is 13.7. The van der Waals surface area contributed by atoms with E-state index >= 15 is 0 Å². The molecule has 1 aromatic carbocycles. The molecule has 0 radical (unpaired) electrons. The Morgan fingerprint density at radius 2 is 1.89 bits per heavy atom. The molecule has 9 nitrogen and oxygen atoms in total. The summed E-state index contributed by atoms with van der Waals surface area (Å²) in [6, 6.07) is 6.42. The third-order valence-electron chi connectivity index (χ3n) is 7.83. The van der Waals surface area contributed by atoms with Crippen LogP contribution in [0.1, 0.15) is 34.5 Å². The van der Waals surface area contributed by atoms with Crippen molar-refractivity contribution in [3.05, 3.63) is 70.9 Å². The molecule has 14 heteroatoms. The van der Waals surface area contributed by atoms with E-state index < -0.39 is 29.4 Å². The fourth-order valence-corrected chi connectivity index (χ4v) is 5.57. The number of pyridine rings is 2. The van der Waals surface area contributed by atoms with Gasteiger partial charge in [0.1, 0.15) is 17.1 Å². The third kappa shape index (κ3) is 6.39. The highest BCUT2D eigenvalue weighted by Gasteiger charge is 2.64. The Hall–Kier alpha value is -4.93. The van der Waals surface area contributed by atoms with Crippen molar-refractivity contribution < 1.29 is 27.2 Å².